The fourth-order valence-electron chi connectivity index (χ4n) is 5.66. The van der Waals surface area contributed by atoms with Crippen LogP contribution in [0.25, 0.3) is 16.6 Å². The topological polar surface area (TPSA) is 62.7 Å². The van der Waals surface area contributed by atoms with Crippen LogP contribution in [0.2, 0.25) is 0 Å². The Bertz CT molecular complexity index is 1290. The van der Waals surface area contributed by atoms with Gasteiger partial charge in [-0.2, -0.15) is 5.10 Å². The lowest BCUT2D eigenvalue weighted by molar-refractivity contribution is 0.372. The van der Waals surface area contributed by atoms with Gasteiger partial charge >= 0.3 is 0 Å². The molecule has 1 fully saturated rings. The molecule has 170 valence electrons. The molecule has 0 unspecified atom stereocenters. The lowest BCUT2D eigenvalue weighted by atomic mass is 9.89. The van der Waals surface area contributed by atoms with Crippen molar-refractivity contribution in [2.24, 2.45) is 0 Å². The molecule has 0 atom stereocenters. The van der Waals surface area contributed by atoms with Gasteiger partial charge < -0.3 is 10.3 Å². The van der Waals surface area contributed by atoms with E-state index < -0.39 is 0 Å². The van der Waals surface area contributed by atoms with Gasteiger partial charge in [-0.25, -0.2) is 4.68 Å². The minimum absolute atomic E-state index is 0.0622. The highest BCUT2D eigenvalue weighted by molar-refractivity contribution is 5.96. The summed E-state index contributed by atoms with van der Waals surface area (Å²) in [7, 11) is 0. The van der Waals surface area contributed by atoms with Crippen molar-refractivity contribution in [2.75, 3.05) is 0 Å². The van der Waals surface area contributed by atoms with Crippen molar-refractivity contribution in [3.63, 3.8) is 0 Å². The Hall–Kier alpha value is -2.92. The van der Waals surface area contributed by atoms with Gasteiger partial charge in [-0.3, -0.25) is 4.79 Å². The number of aromatic amines is 1. The fourth-order valence-corrected chi connectivity index (χ4v) is 5.66. The van der Waals surface area contributed by atoms with E-state index in [0.717, 1.165) is 60.1 Å². The van der Waals surface area contributed by atoms with Crippen molar-refractivity contribution in [2.45, 2.75) is 76.9 Å². The van der Waals surface area contributed by atoms with Crippen LogP contribution in [0.3, 0.4) is 0 Å². The van der Waals surface area contributed by atoms with Gasteiger partial charge in [0.15, 0.2) is 0 Å². The monoisotopic (exact) mass is 440 g/mol. The zero-order chi connectivity index (χ0) is 22.2. The van der Waals surface area contributed by atoms with Gasteiger partial charge in [0, 0.05) is 29.1 Å². The summed E-state index contributed by atoms with van der Waals surface area (Å²) in [5.41, 5.74) is 7.79. The van der Waals surface area contributed by atoms with Crippen molar-refractivity contribution in [3.8, 4) is 0 Å². The predicted molar refractivity (Wildman–Crippen MR) is 133 cm³/mol. The smallest absolute Gasteiger partial charge is 0.253 e. The molecule has 0 aliphatic heterocycles. The molecular formula is C28H32N4O. The lowest BCUT2D eigenvalue weighted by Gasteiger charge is -2.22. The normalized spacial score (nSPS) is 18.2. The molecule has 3 aliphatic rings. The summed E-state index contributed by atoms with van der Waals surface area (Å²) in [5, 5.41) is 9.86. The third kappa shape index (κ3) is 3.99. The maximum absolute atomic E-state index is 12.9. The van der Waals surface area contributed by atoms with Gasteiger partial charge in [-0.05, 0) is 55.2 Å². The van der Waals surface area contributed by atoms with E-state index in [1.165, 1.54) is 48.8 Å². The highest BCUT2D eigenvalue weighted by Crippen LogP contribution is 2.34. The van der Waals surface area contributed by atoms with Crippen molar-refractivity contribution < 1.29 is 0 Å². The van der Waals surface area contributed by atoms with E-state index in [0.29, 0.717) is 12.6 Å². The Balaban J connectivity index is 1.27. The number of benzene rings is 1. The minimum Gasteiger partial charge on any atom is -0.310 e. The number of nitrogens with one attached hydrogen (secondary N) is 2. The summed E-state index contributed by atoms with van der Waals surface area (Å²) in [6.07, 6.45) is 17.1. The van der Waals surface area contributed by atoms with Gasteiger partial charge in [-0.1, -0.05) is 61.8 Å². The van der Waals surface area contributed by atoms with Crippen LogP contribution >= 0.6 is 0 Å². The zero-order valence-corrected chi connectivity index (χ0v) is 19.2. The van der Waals surface area contributed by atoms with Crippen LogP contribution < -0.4 is 10.9 Å². The molecule has 0 spiro atoms. The Kier molecular flexibility index (Phi) is 5.50. The van der Waals surface area contributed by atoms with Crippen LogP contribution in [0.5, 0.6) is 0 Å². The Morgan fingerprint density at radius 2 is 1.70 bits per heavy atom. The Morgan fingerprint density at radius 1 is 0.970 bits per heavy atom. The van der Waals surface area contributed by atoms with Crippen LogP contribution in [0.1, 0.15) is 72.9 Å². The van der Waals surface area contributed by atoms with E-state index in [4.69, 9.17) is 5.10 Å². The van der Waals surface area contributed by atoms with Gasteiger partial charge in [0.2, 0.25) is 0 Å². The van der Waals surface area contributed by atoms with E-state index in [1.807, 2.05) is 4.68 Å². The predicted octanol–water partition coefficient (Wildman–Crippen LogP) is 5.03. The summed E-state index contributed by atoms with van der Waals surface area (Å²) in [6.45, 7) is 1.58. The van der Waals surface area contributed by atoms with Crippen molar-refractivity contribution >= 4 is 16.6 Å². The maximum atomic E-state index is 12.9. The molecule has 0 amide bonds. The van der Waals surface area contributed by atoms with Crippen LogP contribution in [-0.4, -0.2) is 20.8 Å². The van der Waals surface area contributed by atoms with Crippen LogP contribution in [0.4, 0.5) is 0 Å². The second-order valence-corrected chi connectivity index (χ2v) is 9.86. The molecule has 1 aromatic carbocycles. The van der Waals surface area contributed by atoms with Gasteiger partial charge in [0.1, 0.15) is 11.3 Å². The van der Waals surface area contributed by atoms with Gasteiger partial charge in [0.25, 0.3) is 5.56 Å². The molecule has 5 heteroatoms. The number of hydrogen-bond acceptors (Lipinski definition) is 3. The molecule has 1 saturated carbocycles. The SMILES string of the molecule is O=c1[nH]c2c(c(C3=CC=C3)nn2Cc2ccc(CNC3CCCCC3)cc2)c2c1CCCC2. The summed E-state index contributed by atoms with van der Waals surface area (Å²) >= 11 is 0. The minimum atomic E-state index is 0.0622. The number of pyridine rings is 1. The lowest BCUT2D eigenvalue weighted by Crippen LogP contribution is -2.30. The second-order valence-electron chi connectivity index (χ2n) is 9.86. The molecule has 33 heavy (non-hydrogen) atoms. The quantitative estimate of drug-likeness (QED) is 0.565. The second kappa shape index (κ2) is 8.79. The Morgan fingerprint density at radius 3 is 2.42 bits per heavy atom. The average Bonchev–Trinajstić information content (AvgIpc) is 3.16. The molecule has 3 aliphatic carbocycles. The van der Waals surface area contributed by atoms with Crippen LogP contribution in [0.15, 0.2) is 47.3 Å². The average molecular weight is 441 g/mol. The largest absolute Gasteiger partial charge is 0.310 e. The first-order valence-electron chi connectivity index (χ1n) is 12.6. The van der Waals surface area contributed by atoms with Crippen molar-refractivity contribution in [1.82, 2.24) is 20.1 Å². The van der Waals surface area contributed by atoms with E-state index in [-0.39, 0.29) is 5.56 Å². The number of allylic oxidation sites excluding steroid dienone is 4. The summed E-state index contributed by atoms with van der Waals surface area (Å²) < 4.78 is 1.99. The van der Waals surface area contributed by atoms with Crippen molar-refractivity contribution in [3.05, 3.63) is 80.8 Å². The van der Waals surface area contributed by atoms with Gasteiger partial charge in [0.05, 0.1) is 6.54 Å². The number of H-pyrrole nitrogens is 1. The molecule has 2 heterocycles. The number of rotatable bonds is 6. The highest BCUT2D eigenvalue weighted by Gasteiger charge is 2.24. The molecule has 2 aromatic heterocycles. The standard InChI is InChI=1S/C28H32N4O/c33-28-24-12-5-4-11-23(24)25-26(21-7-6-8-21)31-32(27(25)30-28)18-20-15-13-19(14-16-20)17-29-22-9-2-1-3-10-22/h6-8,13-16,22,29H,1-5,9-12,17-18H2,(H,30,33). The summed E-state index contributed by atoms with van der Waals surface area (Å²) in [6, 6.07) is 9.51. The maximum Gasteiger partial charge on any atom is 0.253 e. The molecule has 0 bridgehead atoms. The first kappa shape index (κ1) is 20.7. The number of fused-ring (bicyclic) bond motifs is 3. The van der Waals surface area contributed by atoms with E-state index >= 15 is 0 Å². The molecule has 5 nitrogen and oxygen atoms in total. The third-order valence-electron chi connectivity index (χ3n) is 7.61. The number of nitrogens with zero attached hydrogens (tertiary/aromatic N) is 2. The summed E-state index contributed by atoms with van der Waals surface area (Å²) in [4.78, 5) is 16.0. The summed E-state index contributed by atoms with van der Waals surface area (Å²) in [5.74, 6) is 0. The van der Waals surface area contributed by atoms with Gasteiger partial charge in [-0.15, -0.1) is 0 Å². The molecule has 2 N–H and O–H groups in total. The molecule has 6 rings (SSSR count). The fraction of sp³-hybridized carbons (Fsp3) is 0.429. The Labute approximate surface area is 194 Å². The first-order valence-corrected chi connectivity index (χ1v) is 12.6. The van der Waals surface area contributed by atoms with Crippen LogP contribution in [0, 0.1) is 0 Å². The first-order chi connectivity index (χ1) is 16.3. The third-order valence-corrected chi connectivity index (χ3v) is 7.61. The zero-order valence-electron chi connectivity index (χ0n) is 19.2. The highest BCUT2D eigenvalue weighted by atomic mass is 16.1. The van der Waals surface area contributed by atoms with E-state index in [9.17, 15) is 4.79 Å². The number of hydrogen-bond donors (Lipinski definition) is 2. The molecule has 0 saturated heterocycles. The van der Waals surface area contributed by atoms with E-state index in [2.05, 4.69) is 52.8 Å². The van der Waals surface area contributed by atoms with E-state index in [1.54, 1.807) is 0 Å². The molecular weight excluding hydrogens is 408 g/mol. The van der Waals surface area contributed by atoms with Crippen molar-refractivity contribution in [1.29, 1.82) is 0 Å². The molecule has 0 radical (unpaired) electrons. The van der Waals surface area contributed by atoms with Crippen LogP contribution in [-0.2, 0) is 25.9 Å². The number of aryl methyl sites for hydroxylation is 1. The number of aromatic nitrogens is 3. The molecule has 3 aromatic rings.